The Kier molecular flexibility index (Phi) is 4.37. The molecule has 8 heteroatoms. The second kappa shape index (κ2) is 7.17. The third-order valence-electron chi connectivity index (χ3n) is 5.92. The van der Waals surface area contributed by atoms with Gasteiger partial charge in [0.1, 0.15) is 6.07 Å². The lowest BCUT2D eigenvalue weighted by Gasteiger charge is -2.40. The largest absolute Gasteiger partial charge is 0.387 e. The van der Waals surface area contributed by atoms with Crippen LogP contribution in [0.25, 0.3) is 0 Å². The van der Waals surface area contributed by atoms with Gasteiger partial charge in [0.15, 0.2) is 17.6 Å². The van der Waals surface area contributed by atoms with E-state index in [0.29, 0.717) is 23.6 Å². The Labute approximate surface area is 163 Å². The molecule has 3 atom stereocenters. The lowest BCUT2D eigenvalue weighted by molar-refractivity contribution is 0.0853. The van der Waals surface area contributed by atoms with Crippen molar-refractivity contribution < 1.29 is 4.84 Å². The van der Waals surface area contributed by atoms with E-state index >= 15 is 0 Å². The maximum atomic E-state index is 9.32. The lowest BCUT2D eigenvalue weighted by atomic mass is 10.0. The van der Waals surface area contributed by atoms with Crippen LogP contribution in [0.5, 0.6) is 0 Å². The Hall–Kier alpha value is -3.05. The Bertz CT molecular complexity index is 926. The minimum absolute atomic E-state index is 0.0261. The molecule has 2 aromatic rings. The van der Waals surface area contributed by atoms with Crippen LogP contribution in [0.15, 0.2) is 42.1 Å². The number of fused-ring (bicyclic) bond motifs is 1. The van der Waals surface area contributed by atoms with Crippen molar-refractivity contribution in [1.29, 1.82) is 5.26 Å². The van der Waals surface area contributed by atoms with E-state index < -0.39 is 0 Å². The molecule has 2 saturated heterocycles. The molecule has 0 saturated carbocycles. The van der Waals surface area contributed by atoms with Crippen molar-refractivity contribution in [3.8, 4) is 6.07 Å². The number of pyridine rings is 1. The molecule has 3 aliphatic rings. The average Bonchev–Trinajstić information content (AvgIpc) is 3.41. The fourth-order valence-corrected chi connectivity index (χ4v) is 4.58. The highest BCUT2D eigenvalue weighted by atomic mass is 16.6. The minimum Gasteiger partial charge on any atom is -0.387 e. The molecule has 1 unspecified atom stereocenters. The minimum atomic E-state index is -0.0261. The van der Waals surface area contributed by atoms with E-state index in [1.807, 2.05) is 18.3 Å². The van der Waals surface area contributed by atoms with Crippen LogP contribution in [0.1, 0.15) is 36.6 Å². The first-order valence-electron chi connectivity index (χ1n) is 9.68. The van der Waals surface area contributed by atoms with Gasteiger partial charge in [-0.1, -0.05) is 11.2 Å². The SMILES string of the molecule is N#Cc1nccnc1N1CCN2[C@@H](CC[C@@H]2C2=NOC(c3cccnc3)C2)C1. The highest BCUT2D eigenvalue weighted by molar-refractivity contribution is 5.91. The van der Waals surface area contributed by atoms with Gasteiger partial charge in [0.2, 0.25) is 0 Å². The number of oxime groups is 1. The van der Waals surface area contributed by atoms with Crippen LogP contribution in [0.3, 0.4) is 0 Å². The van der Waals surface area contributed by atoms with E-state index in [9.17, 15) is 5.26 Å². The molecule has 2 aromatic heterocycles. The number of hydrogen-bond acceptors (Lipinski definition) is 8. The summed E-state index contributed by atoms with van der Waals surface area (Å²) in [5, 5.41) is 13.8. The van der Waals surface area contributed by atoms with Crippen molar-refractivity contribution in [2.24, 2.45) is 5.16 Å². The monoisotopic (exact) mass is 375 g/mol. The first-order valence-corrected chi connectivity index (χ1v) is 9.68. The van der Waals surface area contributed by atoms with Gasteiger partial charge < -0.3 is 9.74 Å². The molecule has 0 radical (unpaired) electrons. The van der Waals surface area contributed by atoms with Gasteiger partial charge in [0, 0.05) is 62.4 Å². The van der Waals surface area contributed by atoms with Crippen LogP contribution in [-0.2, 0) is 4.84 Å². The van der Waals surface area contributed by atoms with Gasteiger partial charge in [-0.2, -0.15) is 5.26 Å². The average molecular weight is 375 g/mol. The fraction of sp³-hybridized carbons (Fsp3) is 0.450. The van der Waals surface area contributed by atoms with Gasteiger partial charge in [-0.25, -0.2) is 9.97 Å². The summed E-state index contributed by atoms with van der Waals surface area (Å²) in [6, 6.07) is 6.91. The summed E-state index contributed by atoms with van der Waals surface area (Å²) in [7, 11) is 0. The summed E-state index contributed by atoms with van der Waals surface area (Å²) in [5.74, 6) is 0.700. The molecule has 0 amide bonds. The molecule has 0 aromatic carbocycles. The Morgan fingerprint density at radius 3 is 2.93 bits per heavy atom. The van der Waals surface area contributed by atoms with Crippen molar-refractivity contribution in [3.63, 3.8) is 0 Å². The lowest BCUT2D eigenvalue weighted by Crippen LogP contribution is -2.54. The van der Waals surface area contributed by atoms with Crippen LogP contribution in [0.2, 0.25) is 0 Å². The number of piperazine rings is 1. The van der Waals surface area contributed by atoms with E-state index in [4.69, 9.17) is 4.84 Å². The number of rotatable bonds is 3. The zero-order chi connectivity index (χ0) is 18.9. The molecule has 28 heavy (non-hydrogen) atoms. The normalized spacial score (nSPS) is 27.0. The van der Waals surface area contributed by atoms with E-state index in [1.165, 1.54) is 0 Å². The van der Waals surface area contributed by atoms with Crippen molar-refractivity contribution in [2.75, 3.05) is 24.5 Å². The molecule has 0 N–H and O–H groups in total. The predicted molar refractivity (Wildman–Crippen MR) is 103 cm³/mol. The summed E-state index contributed by atoms with van der Waals surface area (Å²) in [6.07, 6.45) is 9.85. The Balaban J connectivity index is 1.26. The smallest absolute Gasteiger partial charge is 0.183 e. The van der Waals surface area contributed by atoms with Gasteiger partial charge in [0.05, 0.1) is 11.8 Å². The Morgan fingerprint density at radius 2 is 2.07 bits per heavy atom. The van der Waals surface area contributed by atoms with Gasteiger partial charge in [-0.3, -0.25) is 9.88 Å². The highest BCUT2D eigenvalue weighted by Crippen LogP contribution is 2.35. The first-order chi connectivity index (χ1) is 13.8. The molecule has 2 fully saturated rings. The standard InChI is InChI=1S/C20H21N7O/c21-11-17-20(24-7-6-23-17)26-8-9-27-15(13-26)3-4-18(27)16-10-19(28-25-16)14-2-1-5-22-12-14/h1-2,5-7,12,15,18-19H,3-4,8-10,13H2/t15-,18+,19?/m0/s1. The van der Waals surface area contributed by atoms with Crippen LogP contribution < -0.4 is 4.90 Å². The van der Waals surface area contributed by atoms with Gasteiger partial charge in [0.25, 0.3) is 0 Å². The predicted octanol–water partition coefficient (Wildman–Crippen LogP) is 1.91. The number of aromatic nitrogens is 3. The molecule has 3 aliphatic heterocycles. The van der Waals surface area contributed by atoms with Gasteiger partial charge in [-0.15, -0.1) is 0 Å². The van der Waals surface area contributed by atoms with Crippen LogP contribution in [0.4, 0.5) is 5.82 Å². The van der Waals surface area contributed by atoms with E-state index in [-0.39, 0.29) is 6.10 Å². The highest BCUT2D eigenvalue weighted by Gasteiger charge is 2.42. The Morgan fingerprint density at radius 1 is 1.14 bits per heavy atom. The second-order valence-electron chi connectivity index (χ2n) is 7.44. The molecule has 0 spiro atoms. The molecular weight excluding hydrogens is 354 g/mol. The number of nitriles is 1. The van der Waals surface area contributed by atoms with Crippen LogP contribution in [0, 0.1) is 11.3 Å². The van der Waals surface area contributed by atoms with Crippen molar-refractivity contribution in [3.05, 3.63) is 48.2 Å². The molecule has 5 heterocycles. The second-order valence-corrected chi connectivity index (χ2v) is 7.44. The van der Waals surface area contributed by atoms with Gasteiger partial charge in [-0.05, 0) is 18.9 Å². The zero-order valence-corrected chi connectivity index (χ0v) is 15.5. The maximum Gasteiger partial charge on any atom is 0.183 e. The third kappa shape index (κ3) is 2.98. The topological polar surface area (TPSA) is 90.5 Å². The number of nitrogens with zero attached hydrogens (tertiary/aromatic N) is 7. The first kappa shape index (κ1) is 17.1. The van der Waals surface area contributed by atoms with Crippen molar-refractivity contribution in [2.45, 2.75) is 37.5 Å². The van der Waals surface area contributed by atoms with Gasteiger partial charge >= 0.3 is 0 Å². The molecule has 142 valence electrons. The quantitative estimate of drug-likeness (QED) is 0.809. The van der Waals surface area contributed by atoms with Crippen molar-refractivity contribution in [1.82, 2.24) is 19.9 Å². The maximum absolute atomic E-state index is 9.32. The molecule has 0 bridgehead atoms. The molecule has 5 rings (SSSR count). The molecule has 0 aliphatic carbocycles. The van der Waals surface area contributed by atoms with E-state index in [1.54, 1.807) is 18.6 Å². The summed E-state index contributed by atoms with van der Waals surface area (Å²) in [6.45, 7) is 2.62. The van der Waals surface area contributed by atoms with E-state index in [0.717, 1.165) is 50.2 Å². The van der Waals surface area contributed by atoms with Crippen molar-refractivity contribution >= 4 is 11.5 Å². The third-order valence-corrected chi connectivity index (χ3v) is 5.92. The number of anilines is 1. The zero-order valence-electron chi connectivity index (χ0n) is 15.5. The van der Waals surface area contributed by atoms with Crippen LogP contribution >= 0.6 is 0 Å². The fourth-order valence-electron chi connectivity index (χ4n) is 4.58. The summed E-state index contributed by atoms with van der Waals surface area (Å²) >= 11 is 0. The molecular formula is C20H21N7O. The summed E-state index contributed by atoms with van der Waals surface area (Å²) in [5.41, 5.74) is 2.62. The summed E-state index contributed by atoms with van der Waals surface area (Å²) < 4.78 is 0. The van der Waals surface area contributed by atoms with Crippen LogP contribution in [-0.4, -0.2) is 57.3 Å². The number of hydrogen-bond donors (Lipinski definition) is 0. The molecule has 8 nitrogen and oxygen atoms in total. The van der Waals surface area contributed by atoms with E-state index in [2.05, 4.69) is 36.0 Å². The summed E-state index contributed by atoms with van der Waals surface area (Å²) in [4.78, 5) is 23.2.